The summed E-state index contributed by atoms with van der Waals surface area (Å²) in [5, 5.41) is 18.1. The number of rotatable bonds is 2. The van der Waals surface area contributed by atoms with Gasteiger partial charge in [0.25, 0.3) is 6.47 Å². The number of nitrogens with zero attached hydrogens (tertiary/aromatic N) is 2. The van der Waals surface area contributed by atoms with E-state index in [4.69, 9.17) is 14.6 Å². The summed E-state index contributed by atoms with van der Waals surface area (Å²) in [6.45, 7) is -0.250. The molecule has 0 bridgehead atoms. The zero-order valence-corrected chi connectivity index (χ0v) is 16.9. The molecule has 2 aliphatic rings. The number of benzene rings is 2. The van der Waals surface area contributed by atoms with Gasteiger partial charge in [0, 0.05) is 0 Å². The minimum atomic E-state index is -0.461. The van der Waals surface area contributed by atoms with E-state index in [1.54, 1.807) is 0 Å². The van der Waals surface area contributed by atoms with Gasteiger partial charge in [-0.05, 0) is 0 Å². The summed E-state index contributed by atoms with van der Waals surface area (Å²) < 4.78 is 7.35. The molecule has 27 heavy (non-hydrogen) atoms. The van der Waals surface area contributed by atoms with Crippen LogP contribution in [0.1, 0.15) is 0 Å². The second kappa shape index (κ2) is 7.66. The molecule has 2 aromatic carbocycles. The summed E-state index contributed by atoms with van der Waals surface area (Å²) in [4.78, 5) is 19.1. The van der Waals surface area contributed by atoms with Gasteiger partial charge in [-0.25, -0.2) is 0 Å². The number of carbonyl (C=O) groups is 1. The Balaban J connectivity index is 0.000000659. The van der Waals surface area contributed by atoms with Crippen LogP contribution < -0.4 is 4.48 Å². The zero-order valence-electron chi connectivity index (χ0n) is 14.9. The van der Waals surface area contributed by atoms with Crippen LogP contribution in [0.5, 0.6) is 0 Å². The van der Waals surface area contributed by atoms with Gasteiger partial charge in [0.2, 0.25) is 0 Å². The molecule has 2 aliphatic heterocycles. The smallest absolute Gasteiger partial charge is 0.290 e. The maximum atomic E-state index is 11.2. The van der Waals surface area contributed by atoms with Crippen LogP contribution >= 0.6 is 0 Å². The van der Waals surface area contributed by atoms with Crippen molar-refractivity contribution in [2.24, 2.45) is 0 Å². The predicted molar refractivity (Wildman–Crippen MR) is 102 cm³/mol. The number of nitro groups is 1. The van der Waals surface area contributed by atoms with Crippen LogP contribution in [0.2, 0.25) is 0 Å². The largest absolute Gasteiger partial charge is 0.483 e. The number of para-hydroxylation sites is 2. The summed E-state index contributed by atoms with van der Waals surface area (Å²) in [5.74, 6) is -0.194. The minimum Gasteiger partial charge on any atom is -0.483 e. The van der Waals surface area contributed by atoms with Gasteiger partial charge in [-0.2, -0.15) is 0 Å². The Kier molecular flexibility index (Phi) is 5.48. The summed E-state index contributed by atoms with van der Waals surface area (Å²) in [5.41, 5.74) is 4.53. The second-order valence-electron chi connectivity index (χ2n) is 6.36. The van der Waals surface area contributed by atoms with E-state index in [0.29, 0.717) is 4.48 Å². The van der Waals surface area contributed by atoms with Crippen LogP contribution in [0.25, 0.3) is 11.1 Å². The summed E-state index contributed by atoms with van der Waals surface area (Å²) in [6, 6.07) is 16.4. The Bertz CT molecular complexity index is 925. The molecule has 7 nitrogen and oxygen atoms in total. The molecule has 0 saturated heterocycles. The van der Waals surface area contributed by atoms with E-state index < -0.39 is 11.2 Å². The van der Waals surface area contributed by atoms with Gasteiger partial charge in [0.05, 0.1) is 0 Å². The molecule has 1 atom stereocenters. The van der Waals surface area contributed by atoms with E-state index in [1.165, 1.54) is 6.08 Å². The molecule has 0 aliphatic carbocycles. The maximum absolute atomic E-state index is 11.2. The Hall–Kier alpha value is -2.45. The normalized spacial score (nSPS) is 18.6. The number of quaternary nitrogens is 1. The molecule has 8 heteroatoms. The van der Waals surface area contributed by atoms with Crippen LogP contribution in [0, 0.1) is 10.1 Å². The van der Waals surface area contributed by atoms with Crippen LogP contribution in [0.3, 0.4) is 0 Å². The third-order valence-electron chi connectivity index (χ3n) is 4.86. The van der Waals surface area contributed by atoms with Gasteiger partial charge in [0.1, 0.15) is 0 Å². The number of likely N-dealkylation sites (N-methyl/N-ethyl adjacent to an activating group) is 1. The molecule has 0 saturated carbocycles. The molecule has 1 unspecified atom stereocenters. The number of hydrogen-bond donors (Lipinski definition) is 1. The molecule has 132 valence electrons. The fourth-order valence-electron chi connectivity index (χ4n) is 3.74. The molecular formula is C19H16N2NaO5+. The van der Waals surface area contributed by atoms with Gasteiger partial charge in [0.15, 0.2) is 0 Å². The number of fused-ring (bicyclic) bond motifs is 3. The van der Waals surface area contributed by atoms with E-state index in [9.17, 15) is 10.1 Å². The number of carboxylic acid groups (broad SMARTS) is 1. The monoisotopic (exact) mass is 375 g/mol. The first-order valence-corrected chi connectivity index (χ1v) is 9.28. The van der Waals surface area contributed by atoms with E-state index in [2.05, 4.69) is 31.3 Å². The number of hydrogen-bond acceptors (Lipinski definition) is 4. The van der Waals surface area contributed by atoms with Crippen molar-refractivity contribution in [2.75, 3.05) is 7.05 Å². The fourth-order valence-corrected chi connectivity index (χ4v) is 4.54. The molecule has 0 spiro atoms. The van der Waals surface area contributed by atoms with Crippen LogP contribution in [0.15, 0.2) is 69.4 Å². The average Bonchev–Trinajstić information content (AvgIpc) is 2.93. The molecule has 2 heterocycles. The molecule has 2 aromatic rings. The Morgan fingerprint density at radius 3 is 2.07 bits per heavy atom. The maximum Gasteiger partial charge on any atom is 0.290 e. The Labute approximate surface area is 173 Å². The zero-order chi connectivity index (χ0) is 19.6. The van der Waals surface area contributed by atoms with Gasteiger partial charge in [-0.15, -0.1) is 0 Å². The van der Waals surface area contributed by atoms with Crippen LogP contribution in [-0.2, 0) is 9.53 Å². The first-order valence-electron chi connectivity index (χ1n) is 8.28. The Morgan fingerprint density at radius 1 is 1.11 bits per heavy atom. The van der Waals surface area contributed by atoms with Gasteiger partial charge >= 0.3 is 157 Å². The number of allylic oxidation sites excluding steroid dienone is 2. The van der Waals surface area contributed by atoms with Crippen molar-refractivity contribution >= 4 is 45.8 Å². The number of ether oxygens (including phenoxy) is 1. The van der Waals surface area contributed by atoms with E-state index >= 15 is 0 Å². The van der Waals surface area contributed by atoms with Crippen molar-refractivity contribution in [3.63, 3.8) is 0 Å². The standard InChI is InChI=1S/C18H14N2O3.CH2O2.Na/c1-20(18-12-6-11-17(23-18)19(21)22)15-9-4-2-7-13(15)14-8-3-5-10-16(14)20;2-1-3;/h2-11,18H,1H3;1H,(H,2,3);/q+1;;. The second-order valence-corrected chi connectivity index (χ2v) is 7.51. The fraction of sp³-hybridized carbons (Fsp3) is 0.105. The molecule has 0 radical (unpaired) electrons. The van der Waals surface area contributed by atoms with Gasteiger partial charge < -0.3 is 5.11 Å². The van der Waals surface area contributed by atoms with Crippen molar-refractivity contribution < 1.29 is 19.6 Å². The summed E-state index contributed by atoms with van der Waals surface area (Å²) in [6.07, 6.45) is 2.89. The van der Waals surface area contributed by atoms with Crippen LogP contribution in [-0.4, -0.2) is 57.7 Å². The molecular weight excluding hydrogens is 359 g/mol. The quantitative estimate of drug-likeness (QED) is 0.286. The molecule has 1 N–H and O–H groups in total. The first-order chi connectivity index (χ1) is 12.9. The van der Waals surface area contributed by atoms with E-state index in [1.807, 2.05) is 30.3 Å². The van der Waals surface area contributed by atoms with Gasteiger partial charge in [-0.1, -0.05) is 0 Å². The third-order valence-corrected chi connectivity index (χ3v) is 5.69. The van der Waals surface area contributed by atoms with E-state index in [-0.39, 0.29) is 12.4 Å². The molecule has 4 rings (SSSR count). The average molecular weight is 375 g/mol. The van der Waals surface area contributed by atoms with Crippen molar-refractivity contribution in [1.29, 1.82) is 0 Å². The predicted octanol–water partition coefficient (Wildman–Crippen LogP) is 3.16. The minimum absolute atomic E-state index is 0.194. The van der Waals surface area contributed by atoms with Crippen molar-refractivity contribution in [3.8, 4) is 11.1 Å². The summed E-state index contributed by atoms with van der Waals surface area (Å²) in [7, 11) is 2.07. The third kappa shape index (κ3) is 3.19. The first kappa shape index (κ1) is 19.3. The Morgan fingerprint density at radius 2 is 1.59 bits per heavy atom. The van der Waals surface area contributed by atoms with Gasteiger partial charge in [-0.3, -0.25) is 4.79 Å². The molecule has 0 aromatic heterocycles. The molecule has 0 fully saturated rings. The van der Waals surface area contributed by atoms with Crippen LogP contribution in [0.4, 0.5) is 11.4 Å². The van der Waals surface area contributed by atoms with Crippen molar-refractivity contribution in [1.82, 2.24) is 4.48 Å². The topological polar surface area (TPSA) is 89.7 Å². The summed E-state index contributed by atoms with van der Waals surface area (Å²) >= 11 is 0.776. The molecule has 0 amide bonds. The van der Waals surface area contributed by atoms with Crippen molar-refractivity contribution in [3.05, 3.63) is 79.5 Å². The van der Waals surface area contributed by atoms with Crippen molar-refractivity contribution in [2.45, 2.75) is 6.23 Å². The van der Waals surface area contributed by atoms with E-state index in [0.717, 1.165) is 53.3 Å². The SMILES string of the molecule is C[N+]1(C2OC([N+](=O)[O-])=CC=[C]2[Na])c2ccccc2-c2ccccc21.O=CO.